The van der Waals surface area contributed by atoms with Gasteiger partial charge in [0.1, 0.15) is 4.84 Å². The van der Waals surface area contributed by atoms with Crippen LogP contribution in [-0.4, -0.2) is 4.84 Å². The number of hydrogen-bond donors (Lipinski definition) is 0. The van der Waals surface area contributed by atoms with Gasteiger partial charge in [0.2, 0.25) is 0 Å². The molecule has 52 valence electrons. The van der Waals surface area contributed by atoms with Crippen LogP contribution in [0.5, 0.6) is 0 Å². The summed E-state index contributed by atoms with van der Waals surface area (Å²) >= 11 is 11.1. The molecule has 0 unspecified atom stereocenters. The van der Waals surface area contributed by atoms with Crippen LogP contribution in [0.2, 0.25) is 0 Å². The van der Waals surface area contributed by atoms with Crippen molar-refractivity contribution in [2.45, 2.75) is 25.1 Å². The molecule has 0 N–H and O–H groups in total. The lowest BCUT2D eigenvalue weighted by Crippen LogP contribution is -1.82. The zero-order valence-corrected chi connectivity index (χ0v) is 7.13. The Labute approximate surface area is 65.8 Å². The van der Waals surface area contributed by atoms with Gasteiger partial charge in [-0.05, 0) is 11.8 Å². The minimum absolute atomic E-state index is 0.318. The molecule has 0 aromatic heterocycles. The van der Waals surface area contributed by atoms with E-state index < -0.39 is 0 Å². The molecular weight excluding hydrogens is 155 g/mol. The van der Waals surface area contributed by atoms with E-state index in [1.165, 1.54) is 5.57 Å². The van der Waals surface area contributed by atoms with Gasteiger partial charge in [-0.2, -0.15) is 0 Å². The maximum Gasteiger partial charge on any atom is 0.126 e. The predicted molar refractivity (Wildman–Crippen MR) is 42.0 cm³/mol. The molecule has 2 heteroatoms. The third kappa shape index (κ3) is 1.87. The topological polar surface area (TPSA) is 0 Å². The lowest BCUT2D eigenvalue weighted by Gasteiger charge is -1.92. The minimum atomic E-state index is -0.318. The van der Waals surface area contributed by atoms with Gasteiger partial charge in [-0.3, -0.25) is 0 Å². The van der Waals surface area contributed by atoms with Crippen LogP contribution in [0, 0.1) is 5.41 Å². The molecule has 1 aliphatic rings. The van der Waals surface area contributed by atoms with Crippen LogP contribution >= 0.6 is 23.2 Å². The first-order chi connectivity index (χ1) is 4.02. The first kappa shape index (κ1) is 7.43. The van der Waals surface area contributed by atoms with Crippen molar-refractivity contribution in [3.63, 3.8) is 0 Å². The van der Waals surface area contributed by atoms with Gasteiger partial charge in [0, 0.05) is 0 Å². The molecule has 1 rings (SSSR count). The maximum atomic E-state index is 5.53. The number of rotatable bonds is 1. The average Bonchev–Trinajstić information content (AvgIpc) is 2.10. The minimum Gasteiger partial charge on any atom is -0.101 e. The van der Waals surface area contributed by atoms with Gasteiger partial charge in [-0.1, -0.05) is 25.5 Å². The SMILES string of the molecule is CC1(C)CC1=CC(Cl)Cl. The second-order valence-corrected chi connectivity index (χ2v) is 4.25. The Hall–Kier alpha value is 0.320. The molecule has 9 heavy (non-hydrogen) atoms. The van der Waals surface area contributed by atoms with Crippen LogP contribution in [0.25, 0.3) is 0 Å². The summed E-state index contributed by atoms with van der Waals surface area (Å²) in [6, 6.07) is 0. The summed E-state index contributed by atoms with van der Waals surface area (Å²) in [6.07, 6.45) is 3.08. The van der Waals surface area contributed by atoms with Crippen molar-refractivity contribution in [2.75, 3.05) is 0 Å². The molecule has 0 nitrogen and oxygen atoms in total. The molecule has 0 aliphatic heterocycles. The molecule has 0 spiro atoms. The number of alkyl halides is 2. The fourth-order valence-corrected chi connectivity index (χ4v) is 1.17. The normalized spacial score (nSPS) is 27.4. The first-order valence-corrected chi connectivity index (χ1v) is 3.89. The highest BCUT2D eigenvalue weighted by molar-refractivity contribution is 6.45. The Morgan fingerprint density at radius 2 is 2.00 bits per heavy atom. The number of hydrogen-bond acceptors (Lipinski definition) is 0. The molecule has 0 radical (unpaired) electrons. The van der Waals surface area contributed by atoms with E-state index >= 15 is 0 Å². The summed E-state index contributed by atoms with van der Waals surface area (Å²) in [5.74, 6) is 0. The van der Waals surface area contributed by atoms with E-state index in [1.54, 1.807) is 0 Å². The van der Waals surface area contributed by atoms with Crippen LogP contribution < -0.4 is 0 Å². The Kier molecular flexibility index (Phi) is 1.79. The zero-order chi connectivity index (χ0) is 7.07. The lowest BCUT2D eigenvalue weighted by atomic mass is 10.2. The van der Waals surface area contributed by atoms with Crippen molar-refractivity contribution in [3.8, 4) is 0 Å². The van der Waals surface area contributed by atoms with Crippen molar-refractivity contribution in [1.29, 1.82) is 0 Å². The van der Waals surface area contributed by atoms with Gasteiger partial charge in [0.25, 0.3) is 0 Å². The van der Waals surface area contributed by atoms with E-state index in [9.17, 15) is 0 Å². The Morgan fingerprint density at radius 3 is 2.11 bits per heavy atom. The first-order valence-electron chi connectivity index (χ1n) is 3.02. The van der Waals surface area contributed by atoms with Gasteiger partial charge >= 0.3 is 0 Å². The summed E-state index contributed by atoms with van der Waals surface area (Å²) in [5.41, 5.74) is 1.78. The van der Waals surface area contributed by atoms with Crippen molar-refractivity contribution in [2.24, 2.45) is 5.41 Å². The summed E-state index contributed by atoms with van der Waals surface area (Å²) in [6.45, 7) is 4.38. The molecule has 0 saturated heterocycles. The zero-order valence-electron chi connectivity index (χ0n) is 5.62. The fraction of sp³-hybridized carbons (Fsp3) is 0.714. The number of allylic oxidation sites excluding steroid dienone is 2. The largest absolute Gasteiger partial charge is 0.126 e. The van der Waals surface area contributed by atoms with E-state index in [1.807, 2.05) is 6.08 Å². The summed E-state index contributed by atoms with van der Waals surface area (Å²) in [4.78, 5) is -0.318. The van der Waals surface area contributed by atoms with Gasteiger partial charge < -0.3 is 0 Å². The molecule has 0 aromatic carbocycles. The average molecular weight is 165 g/mol. The van der Waals surface area contributed by atoms with Gasteiger partial charge in [0.05, 0.1) is 0 Å². The third-order valence-corrected chi connectivity index (χ3v) is 1.96. The van der Waals surface area contributed by atoms with Gasteiger partial charge in [0.15, 0.2) is 0 Å². The van der Waals surface area contributed by atoms with Crippen LogP contribution in [-0.2, 0) is 0 Å². The molecule has 1 aliphatic carbocycles. The third-order valence-electron chi connectivity index (χ3n) is 1.70. The maximum absolute atomic E-state index is 5.53. The standard InChI is InChI=1S/C7H10Cl2/c1-7(2)4-5(7)3-6(8)9/h3,6H,4H2,1-2H3. The molecule has 0 aromatic rings. The van der Waals surface area contributed by atoms with Crippen LogP contribution in [0.15, 0.2) is 11.6 Å². The number of halogens is 2. The van der Waals surface area contributed by atoms with Crippen LogP contribution in [0.4, 0.5) is 0 Å². The predicted octanol–water partition coefficient (Wildman–Crippen LogP) is 3.15. The molecule has 1 saturated carbocycles. The van der Waals surface area contributed by atoms with Crippen LogP contribution in [0.3, 0.4) is 0 Å². The highest BCUT2D eigenvalue weighted by Gasteiger charge is 2.38. The molecule has 0 heterocycles. The van der Waals surface area contributed by atoms with E-state index in [4.69, 9.17) is 23.2 Å². The quantitative estimate of drug-likeness (QED) is 0.413. The van der Waals surface area contributed by atoms with Crippen LogP contribution in [0.1, 0.15) is 20.3 Å². The smallest absolute Gasteiger partial charge is 0.101 e. The van der Waals surface area contributed by atoms with E-state index in [2.05, 4.69) is 13.8 Å². The van der Waals surface area contributed by atoms with Gasteiger partial charge in [-0.15, -0.1) is 23.2 Å². The molecule has 0 bridgehead atoms. The van der Waals surface area contributed by atoms with Crippen molar-refractivity contribution in [1.82, 2.24) is 0 Å². The Bertz CT molecular complexity index is 145. The Balaban J connectivity index is 2.50. The van der Waals surface area contributed by atoms with Crippen molar-refractivity contribution in [3.05, 3.63) is 11.6 Å². The Morgan fingerprint density at radius 1 is 1.56 bits per heavy atom. The monoisotopic (exact) mass is 164 g/mol. The summed E-state index contributed by atoms with van der Waals surface area (Å²) < 4.78 is 0. The van der Waals surface area contributed by atoms with Gasteiger partial charge in [-0.25, -0.2) is 0 Å². The second-order valence-electron chi connectivity index (χ2n) is 3.09. The highest BCUT2D eigenvalue weighted by Crippen LogP contribution is 2.51. The molecule has 0 amide bonds. The van der Waals surface area contributed by atoms with E-state index in [-0.39, 0.29) is 4.84 Å². The fourth-order valence-electron chi connectivity index (χ4n) is 0.869. The highest BCUT2D eigenvalue weighted by atomic mass is 35.5. The lowest BCUT2D eigenvalue weighted by molar-refractivity contribution is 0.686. The van der Waals surface area contributed by atoms with E-state index in [0.717, 1.165) is 6.42 Å². The summed E-state index contributed by atoms with van der Waals surface area (Å²) in [5, 5.41) is 0. The van der Waals surface area contributed by atoms with E-state index in [0.29, 0.717) is 5.41 Å². The van der Waals surface area contributed by atoms with Crippen molar-refractivity contribution < 1.29 is 0 Å². The second kappa shape index (κ2) is 2.17. The van der Waals surface area contributed by atoms with Crippen molar-refractivity contribution >= 4 is 23.2 Å². The molecular formula is C7H10Cl2. The molecule has 0 atom stereocenters. The molecule has 1 fully saturated rings. The summed E-state index contributed by atoms with van der Waals surface area (Å²) in [7, 11) is 0.